The standard InChI is InChI=1S/C12H25O3/c1-6-7-14-11(4)8-13-9-12(5)15-10(2)3/h10-12H,2,6-9H2,1,3-5H3. The van der Waals surface area contributed by atoms with Crippen LogP contribution in [0.3, 0.4) is 0 Å². The van der Waals surface area contributed by atoms with Gasteiger partial charge in [0.1, 0.15) is 0 Å². The zero-order valence-electron chi connectivity index (χ0n) is 10.5. The van der Waals surface area contributed by atoms with E-state index in [0.717, 1.165) is 13.0 Å². The first kappa shape index (κ1) is 14.9. The van der Waals surface area contributed by atoms with Gasteiger partial charge in [0.25, 0.3) is 0 Å². The van der Waals surface area contributed by atoms with E-state index in [-0.39, 0.29) is 18.3 Å². The van der Waals surface area contributed by atoms with Crippen LogP contribution in [0.2, 0.25) is 0 Å². The van der Waals surface area contributed by atoms with E-state index < -0.39 is 0 Å². The monoisotopic (exact) mass is 217 g/mol. The Morgan fingerprint density at radius 2 is 1.67 bits per heavy atom. The van der Waals surface area contributed by atoms with E-state index in [9.17, 15) is 0 Å². The average Bonchev–Trinajstić information content (AvgIpc) is 2.13. The highest BCUT2D eigenvalue weighted by molar-refractivity contribution is 4.56. The van der Waals surface area contributed by atoms with Crippen LogP contribution in [0.1, 0.15) is 34.1 Å². The molecule has 0 spiro atoms. The molecule has 0 rings (SSSR count). The fourth-order valence-electron chi connectivity index (χ4n) is 1.20. The van der Waals surface area contributed by atoms with Gasteiger partial charge in [-0.15, -0.1) is 0 Å². The topological polar surface area (TPSA) is 27.7 Å². The molecule has 0 aromatic carbocycles. The van der Waals surface area contributed by atoms with Crippen LogP contribution in [0, 0.1) is 6.92 Å². The van der Waals surface area contributed by atoms with E-state index >= 15 is 0 Å². The molecule has 0 saturated carbocycles. The highest BCUT2D eigenvalue weighted by atomic mass is 16.6. The lowest BCUT2D eigenvalue weighted by Gasteiger charge is -2.18. The van der Waals surface area contributed by atoms with Crippen LogP contribution in [0.5, 0.6) is 0 Å². The molecular formula is C12H25O3. The van der Waals surface area contributed by atoms with Crippen LogP contribution >= 0.6 is 0 Å². The van der Waals surface area contributed by atoms with E-state index in [4.69, 9.17) is 14.2 Å². The summed E-state index contributed by atoms with van der Waals surface area (Å²) in [7, 11) is 0. The Morgan fingerprint density at radius 3 is 2.20 bits per heavy atom. The molecule has 1 radical (unpaired) electrons. The van der Waals surface area contributed by atoms with E-state index in [2.05, 4.69) is 13.8 Å². The minimum Gasteiger partial charge on any atom is -0.376 e. The van der Waals surface area contributed by atoms with E-state index in [1.807, 2.05) is 20.8 Å². The third-order valence-electron chi connectivity index (χ3n) is 1.78. The average molecular weight is 217 g/mol. The number of hydrogen-bond acceptors (Lipinski definition) is 3. The molecule has 0 aliphatic heterocycles. The number of rotatable bonds is 9. The third kappa shape index (κ3) is 10.2. The highest BCUT2D eigenvalue weighted by Gasteiger charge is 2.07. The van der Waals surface area contributed by atoms with Gasteiger partial charge < -0.3 is 14.2 Å². The first-order valence-corrected chi connectivity index (χ1v) is 5.74. The fourth-order valence-corrected chi connectivity index (χ4v) is 1.20. The summed E-state index contributed by atoms with van der Waals surface area (Å²) < 4.78 is 16.4. The maximum Gasteiger partial charge on any atom is 0.0784 e. The van der Waals surface area contributed by atoms with Crippen molar-refractivity contribution in [2.75, 3.05) is 19.8 Å². The van der Waals surface area contributed by atoms with Crippen LogP contribution in [-0.4, -0.2) is 38.1 Å². The Kier molecular flexibility index (Phi) is 9.06. The summed E-state index contributed by atoms with van der Waals surface area (Å²) in [5, 5.41) is 0. The second-order valence-corrected chi connectivity index (χ2v) is 3.98. The van der Waals surface area contributed by atoms with Gasteiger partial charge in [-0.2, -0.15) is 0 Å². The maximum atomic E-state index is 5.48. The van der Waals surface area contributed by atoms with Crippen LogP contribution in [0.25, 0.3) is 0 Å². The van der Waals surface area contributed by atoms with Gasteiger partial charge in [-0.3, -0.25) is 0 Å². The van der Waals surface area contributed by atoms with Crippen molar-refractivity contribution in [1.29, 1.82) is 0 Å². The molecule has 3 nitrogen and oxygen atoms in total. The summed E-state index contributed by atoms with van der Waals surface area (Å²) in [4.78, 5) is 0. The van der Waals surface area contributed by atoms with Crippen molar-refractivity contribution in [2.45, 2.75) is 52.4 Å². The lowest BCUT2D eigenvalue weighted by molar-refractivity contribution is -0.0565. The molecule has 0 aromatic rings. The molecule has 0 saturated heterocycles. The van der Waals surface area contributed by atoms with Gasteiger partial charge in [0.15, 0.2) is 0 Å². The molecule has 15 heavy (non-hydrogen) atoms. The van der Waals surface area contributed by atoms with Crippen molar-refractivity contribution >= 4 is 0 Å². The van der Waals surface area contributed by atoms with Crippen molar-refractivity contribution in [3.63, 3.8) is 0 Å². The maximum absolute atomic E-state index is 5.48. The van der Waals surface area contributed by atoms with E-state index in [0.29, 0.717) is 13.2 Å². The molecule has 0 fully saturated rings. The van der Waals surface area contributed by atoms with Gasteiger partial charge in [0.2, 0.25) is 0 Å². The molecule has 0 aliphatic rings. The molecule has 0 aliphatic carbocycles. The summed E-state index contributed by atoms with van der Waals surface area (Å²) in [6.07, 6.45) is 1.31. The minimum atomic E-state index is 0.0114. The molecule has 91 valence electrons. The van der Waals surface area contributed by atoms with Crippen LogP contribution in [-0.2, 0) is 14.2 Å². The molecule has 3 atom stereocenters. The van der Waals surface area contributed by atoms with Crippen molar-refractivity contribution in [2.24, 2.45) is 0 Å². The van der Waals surface area contributed by atoms with Crippen LogP contribution < -0.4 is 0 Å². The van der Waals surface area contributed by atoms with Crippen LogP contribution in [0.15, 0.2) is 0 Å². The summed E-state index contributed by atoms with van der Waals surface area (Å²) in [5.41, 5.74) is 0. The van der Waals surface area contributed by atoms with E-state index in [1.165, 1.54) is 0 Å². The van der Waals surface area contributed by atoms with Gasteiger partial charge in [0.05, 0.1) is 31.5 Å². The van der Waals surface area contributed by atoms with Crippen molar-refractivity contribution < 1.29 is 14.2 Å². The molecule has 3 heteroatoms. The molecule has 0 aromatic heterocycles. The van der Waals surface area contributed by atoms with Gasteiger partial charge in [-0.1, -0.05) is 6.92 Å². The fraction of sp³-hybridized carbons (Fsp3) is 0.917. The molecule has 0 N–H and O–H groups in total. The normalized spacial score (nSPS) is 15.6. The molecular weight excluding hydrogens is 192 g/mol. The summed E-state index contributed by atoms with van der Waals surface area (Å²) in [5.74, 6) is 0. The zero-order valence-corrected chi connectivity index (χ0v) is 10.5. The Bertz CT molecular complexity index is 137. The summed E-state index contributed by atoms with van der Waals surface area (Å²) in [6.45, 7) is 13.8. The first-order chi connectivity index (χ1) is 7.06. The second kappa shape index (κ2) is 9.13. The van der Waals surface area contributed by atoms with E-state index in [1.54, 1.807) is 0 Å². The first-order valence-electron chi connectivity index (χ1n) is 5.74. The summed E-state index contributed by atoms with van der Waals surface area (Å²) >= 11 is 0. The number of hydrogen-bond donors (Lipinski definition) is 0. The predicted molar refractivity (Wildman–Crippen MR) is 61.9 cm³/mol. The van der Waals surface area contributed by atoms with Crippen molar-refractivity contribution in [1.82, 2.24) is 0 Å². The lowest BCUT2D eigenvalue weighted by Crippen LogP contribution is -2.24. The predicted octanol–water partition coefficient (Wildman–Crippen LogP) is 2.45. The Morgan fingerprint density at radius 1 is 1.07 bits per heavy atom. The molecule has 0 bridgehead atoms. The van der Waals surface area contributed by atoms with Crippen LogP contribution in [0.4, 0.5) is 0 Å². The van der Waals surface area contributed by atoms with Gasteiger partial charge in [0, 0.05) is 6.61 Å². The number of ether oxygens (including phenoxy) is 3. The molecule has 0 amide bonds. The SMILES string of the molecule is [CH2]C(C)OC(C)COCC(C)OCCC. The Balaban J connectivity index is 3.35. The smallest absolute Gasteiger partial charge is 0.0784 e. The van der Waals surface area contributed by atoms with Gasteiger partial charge in [-0.05, 0) is 34.1 Å². The largest absolute Gasteiger partial charge is 0.376 e. The molecule has 3 unspecified atom stereocenters. The lowest BCUT2D eigenvalue weighted by atomic mass is 10.4. The van der Waals surface area contributed by atoms with Gasteiger partial charge >= 0.3 is 0 Å². The summed E-state index contributed by atoms with van der Waals surface area (Å²) in [6, 6.07) is 0. The third-order valence-corrected chi connectivity index (χ3v) is 1.78. The minimum absolute atomic E-state index is 0.0114. The quantitative estimate of drug-likeness (QED) is 0.593. The zero-order chi connectivity index (χ0) is 11.7. The van der Waals surface area contributed by atoms with Crippen molar-refractivity contribution in [3.05, 3.63) is 6.92 Å². The Labute approximate surface area is 94.1 Å². The van der Waals surface area contributed by atoms with Gasteiger partial charge in [-0.25, -0.2) is 0 Å². The second-order valence-electron chi connectivity index (χ2n) is 3.98. The highest BCUT2D eigenvalue weighted by Crippen LogP contribution is 1.99. The Hall–Kier alpha value is -0.120. The molecule has 0 heterocycles. The van der Waals surface area contributed by atoms with Crippen molar-refractivity contribution in [3.8, 4) is 0 Å².